The van der Waals surface area contributed by atoms with Crippen LogP contribution in [-0.4, -0.2) is 33.5 Å². The molecule has 0 unspecified atom stereocenters. The van der Waals surface area contributed by atoms with E-state index in [2.05, 4.69) is 10.4 Å². The average molecular weight is 367 g/mol. The lowest BCUT2D eigenvalue weighted by Gasteiger charge is -2.13. The highest BCUT2D eigenvalue weighted by molar-refractivity contribution is 7.99. The van der Waals surface area contributed by atoms with E-state index in [1.54, 1.807) is 22.9 Å². The minimum Gasteiger partial charge on any atom is -0.452 e. The molecule has 0 saturated carbocycles. The van der Waals surface area contributed by atoms with Gasteiger partial charge in [-0.2, -0.15) is 5.10 Å². The molecule has 0 fully saturated rings. The summed E-state index contributed by atoms with van der Waals surface area (Å²) in [5.41, 5.74) is 2.25. The molecule has 8 heteroatoms. The zero-order valence-electron chi connectivity index (χ0n) is 14.2. The number of ether oxygens (including phenoxy) is 1. The van der Waals surface area contributed by atoms with E-state index in [1.807, 2.05) is 38.4 Å². The van der Waals surface area contributed by atoms with Gasteiger partial charge in [-0.3, -0.25) is 14.3 Å². The van der Waals surface area contributed by atoms with Crippen molar-refractivity contribution in [2.24, 2.45) is 7.05 Å². The number of aromatic nitrogens is 2. The van der Waals surface area contributed by atoms with Crippen molar-refractivity contribution in [2.75, 3.05) is 11.1 Å². The maximum atomic E-state index is 12.2. The fourth-order valence-corrected chi connectivity index (χ4v) is 3.74. The van der Waals surface area contributed by atoms with Gasteiger partial charge in [0, 0.05) is 17.7 Å². The molecule has 2 heterocycles. The molecule has 130 valence electrons. The Kier molecular flexibility index (Phi) is 6.44. The van der Waals surface area contributed by atoms with E-state index < -0.39 is 6.10 Å². The van der Waals surface area contributed by atoms with Crippen LogP contribution in [0.3, 0.4) is 0 Å². The van der Waals surface area contributed by atoms with Gasteiger partial charge in [-0.15, -0.1) is 23.1 Å². The molecule has 0 saturated heterocycles. The van der Waals surface area contributed by atoms with Gasteiger partial charge < -0.3 is 10.1 Å². The quantitative estimate of drug-likeness (QED) is 0.762. The lowest BCUT2D eigenvalue weighted by Crippen LogP contribution is -2.30. The monoisotopic (exact) mass is 367 g/mol. The lowest BCUT2D eigenvalue weighted by molar-refractivity contribution is -0.150. The first-order chi connectivity index (χ1) is 11.4. The zero-order valence-corrected chi connectivity index (χ0v) is 15.8. The predicted molar refractivity (Wildman–Crippen MR) is 97.3 cm³/mol. The highest BCUT2D eigenvalue weighted by atomic mass is 32.2. The molecule has 0 radical (unpaired) electrons. The SMILES string of the molecule is Cc1nn(C)c(C)c1NC(=O)[C@@H](C)OC(=O)CSCc1cccs1. The highest BCUT2D eigenvalue weighted by Crippen LogP contribution is 2.19. The van der Waals surface area contributed by atoms with Crippen molar-refractivity contribution in [1.82, 2.24) is 9.78 Å². The predicted octanol–water partition coefficient (Wildman–Crippen LogP) is 2.90. The first-order valence-corrected chi connectivity index (χ1v) is 9.52. The van der Waals surface area contributed by atoms with E-state index in [-0.39, 0.29) is 17.6 Å². The number of thiophene rings is 1. The van der Waals surface area contributed by atoms with Crippen LogP contribution in [0.1, 0.15) is 23.2 Å². The fourth-order valence-electron chi connectivity index (χ4n) is 2.09. The molecule has 2 rings (SSSR count). The molecule has 0 aliphatic heterocycles. The van der Waals surface area contributed by atoms with Crippen LogP contribution >= 0.6 is 23.1 Å². The summed E-state index contributed by atoms with van der Waals surface area (Å²) in [4.78, 5) is 25.2. The van der Waals surface area contributed by atoms with Gasteiger partial charge in [-0.25, -0.2) is 0 Å². The Bertz CT molecular complexity index is 710. The Morgan fingerprint density at radius 3 is 2.79 bits per heavy atom. The third-order valence-electron chi connectivity index (χ3n) is 3.48. The molecule has 1 amide bonds. The Labute approximate surface area is 149 Å². The second-order valence-corrected chi connectivity index (χ2v) is 7.38. The summed E-state index contributed by atoms with van der Waals surface area (Å²) in [6, 6.07) is 4.01. The van der Waals surface area contributed by atoms with E-state index in [0.29, 0.717) is 5.69 Å². The van der Waals surface area contributed by atoms with E-state index in [1.165, 1.54) is 16.6 Å². The van der Waals surface area contributed by atoms with Gasteiger partial charge >= 0.3 is 5.97 Å². The molecule has 6 nitrogen and oxygen atoms in total. The Morgan fingerprint density at radius 2 is 2.21 bits per heavy atom. The van der Waals surface area contributed by atoms with Gasteiger partial charge in [0.25, 0.3) is 5.91 Å². The van der Waals surface area contributed by atoms with Gasteiger partial charge in [0.05, 0.1) is 22.8 Å². The summed E-state index contributed by atoms with van der Waals surface area (Å²) in [5.74, 6) is 0.242. The fraction of sp³-hybridized carbons (Fsp3) is 0.438. The summed E-state index contributed by atoms with van der Waals surface area (Å²) < 4.78 is 6.89. The zero-order chi connectivity index (χ0) is 17.7. The van der Waals surface area contributed by atoms with Gasteiger partial charge in [0.2, 0.25) is 0 Å². The number of carbonyl (C=O) groups excluding carboxylic acids is 2. The second-order valence-electron chi connectivity index (χ2n) is 5.36. The summed E-state index contributed by atoms with van der Waals surface area (Å²) in [6.45, 7) is 5.26. The highest BCUT2D eigenvalue weighted by Gasteiger charge is 2.20. The molecule has 2 aromatic rings. The molecule has 1 atom stereocenters. The summed E-state index contributed by atoms with van der Waals surface area (Å²) in [5, 5.41) is 9.02. The normalized spacial score (nSPS) is 12.0. The van der Waals surface area contributed by atoms with Crippen LogP contribution in [0.5, 0.6) is 0 Å². The minimum atomic E-state index is -0.848. The summed E-state index contributed by atoms with van der Waals surface area (Å²) in [6.07, 6.45) is -0.848. The molecule has 0 aliphatic rings. The van der Waals surface area contributed by atoms with Crippen molar-refractivity contribution >= 4 is 40.7 Å². The van der Waals surface area contributed by atoms with Gasteiger partial charge in [-0.1, -0.05) is 6.07 Å². The number of rotatable bonds is 7. The van der Waals surface area contributed by atoms with Crippen LogP contribution in [0.4, 0.5) is 5.69 Å². The molecule has 2 aromatic heterocycles. The number of esters is 1. The molecule has 0 aromatic carbocycles. The number of amides is 1. The minimum absolute atomic E-state index is 0.223. The number of aryl methyl sites for hydroxylation is 2. The topological polar surface area (TPSA) is 73.2 Å². The van der Waals surface area contributed by atoms with Crippen molar-refractivity contribution in [1.29, 1.82) is 0 Å². The number of carbonyl (C=O) groups is 2. The third kappa shape index (κ3) is 4.85. The number of nitrogens with one attached hydrogen (secondary N) is 1. The van der Waals surface area contributed by atoms with Crippen molar-refractivity contribution in [3.8, 4) is 0 Å². The van der Waals surface area contributed by atoms with Crippen molar-refractivity contribution < 1.29 is 14.3 Å². The van der Waals surface area contributed by atoms with Crippen LogP contribution in [0.25, 0.3) is 0 Å². The molecular formula is C16H21N3O3S2. The van der Waals surface area contributed by atoms with Crippen LogP contribution < -0.4 is 5.32 Å². The van der Waals surface area contributed by atoms with Crippen molar-refractivity contribution in [3.63, 3.8) is 0 Å². The molecule has 0 spiro atoms. The number of hydrogen-bond acceptors (Lipinski definition) is 6. The van der Waals surface area contributed by atoms with E-state index >= 15 is 0 Å². The lowest BCUT2D eigenvalue weighted by atomic mass is 10.3. The maximum absolute atomic E-state index is 12.2. The van der Waals surface area contributed by atoms with Crippen molar-refractivity contribution in [2.45, 2.75) is 32.6 Å². The van der Waals surface area contributed by atoms with Crippen LogP contribution in [0.2, 0.25) is 0 Å². The van der Waals surface area contributed by atoms with Gasteiger partial charge in [-0.05, 0) is 32.2 Å². The van der Waals surface area contributed by atoms with Gasteiger partial charge in [0.15, 0.2) is 6.10 Å². The molecule has 1 N–H and O–H groups in total. The number of hydrogen-bond donors (Lipinski definition) is 1. The summed E-state index contributed by atoms with van der Waals surface area (Å²) >= 11 is 3.13. The second kappa shape index (κ2) is 8.34. The first kappa shape index (κ1) is 18.5. The van der Waals surface area contributed by atoms with E-state index in [9.17, 15) is 9.59 Å². The number of nitrogens with zero attached hydrogens (tertiary/aromatic N) is 2. The van der Waals surface area contributed by atoms with E-state index in [0.717, 1.165) is 17.1 Å². The van der Waals surface area contributed by atoms with Crippen LogP contribution in [-0.2, 0) is 27.1 Å². The van der Waals surface area contributed by atoms with Crippen LogP contribution in [0.15, 0.2) is 17.5 Å². The third-order valence-corrected chi connectivity index (χ3v) is 5.49. The Balaban J connectivity index is 1.79. The molecular weight excluding hydrogens is 346 g/mol. The standard InChI is InChI=1S/C16H21N3O3S2/c1-10-15(11(2)19(4)18-10)17-16(21)12(3)22-14(20)9-23-8-13-6-5-7-24-13/h5-7,12H,8-9H2,1-4H3,(H,17,21)/t12-/m1/s1. The van der Waals surface area contributed by atoms with Crippen molar-refractivity contribution in [3.05, 3.63) is 33.8 Å². The number of anilines is 1. The maximum Gasteiger partial charge on any atom is 0.316 e. The van der Waals surface area contributed by atoms with Crippen LogP contribution in [0, 0.1) is 13.8 Å². The molecule has 0 bridgehead atoms. The molecule has 0 aliphatic carbocycles. The number of thioether (sulfide) groups is 1. The Morgan fingerprint density at radius 1 is 1.46 bits per heavy atom. The first-order valence-electron chi connectivity index (χ1n) is 7.49. The Hall–Kier alpha value is -1.80. The largest absolute Gasteiger partial charge is 0.452 e. The molecule has 24 heavy (non-hydrogen) atoms. The average Bonchev–Trinajstić information content (AvgIpc) is 3.11. The smallest absolute Gasteiger partial charge is 0.316 e. The van der Waals surface area contributed by atoms with Gasteiger partial charge in [0.1, 0.15) is 0 Å². The summed E-state index contributed by atoms with van der Waals surface area (Å²) in [7, 11) is 1.81. The van der Waals surface area contributed by atoms with E-state index in [4.69, 9.17) is 4.74 Å².